The summed E-state index contributed by atoms with van der Waals surface area (Å²) in [7, 11) is 0. The van der Waals surface area contributed by atoms with Crippen molar-refractivity contribution in [1.29, 1.82) is 0 Å². The Hall–Kier alpha value is -2.46. The Morgan fingerprint density at radius 3 is 2.72 bits per heavy atom. The number of amides is 1. The molecule has 2 N–H and O–H groups in total. The highest BCUT2D eigenvalue weighted by molar-refractivity contribution is 6.31. The second kappa shape index (κ2) is 5.27. The number of halogens is 1. The SMILES string of the molecule is O=C1Nc2ccccc2C12CCN(c1cc(Cl)cc3[nH]ccc13)CC2. The normalized spacial score (nSPS) is 18.6. The molecule has 2 aliphatic rings. The zero-order valence-corrected chi connectivity index (χ0v) is 14.4. The van der Waals surface area contributed by atoms with Gasteiger partial charge in [0.05, 0.1) is 5.41 Å². The monoisotopic (exact) mass is 351 g/mol. The molecule has 126 valence electrons. The van der Waals surface area contributed by atoms with E-state index >= 15 is 0 Å². The molecular weight excluding hydrogens is 334 g/mol. The first-order valence-corrected chi connectivity index (χ1v) is 8.98. The Kier molecular flexibility index (Phi) is 3.13. The first-order chi connectivity index (χ1) is 12.2. The van der Waals surface area contributed by atoms with Crippen molar-refractivity contribution in [3.05, 3.63) is 59.2 Å². The molecule has 1 amide bonds. The van der Waals surface area contributed by atoms with Crippen LogP contribution in [0.25, 0.3) is 10.9 Å². The van der Waals surface area contributed by atoms with E-state index in [0.29, 0.717) is 0 Å². The molecule has 0 bridgehead atoms. The van der Waals surface area contributed by atoms with Crippen LogP contribution in [-0.4, -0.2) is 24.0 Å². The summed E-state index contributed by atoms with van der Waals surface area (Å²) in [4.78, 5) is 18.3. The largest absolute Gasteiger partial charge is 0.371 e. The second-order valence-electron chi connectivity index (χ2n) is 6.93. The van der Waals surface area contributed by atoms with Gasteiger partial charge >= 0.3 is 0 Å². The van der Waals surface area contributed by atoms with Crippen molar-refractivity contribution >= 4 is 39.8 Å². The van der Waals surface area contributed by atoms with Crippen molar-refractivity contribution in [2.24, 2.45) is 0 Å². The minimum Gasteiger partial charge on any atom is -0.371 e. The predicted molar refractivity (Wildman–Crippen MR) is 102 cm³/mol. The van der Waals surface area contributed by atoms with E-state index in [4.69, 9.17) is 11.6 Å². The third-order valence-corrected chi connectivity index (χ3v) is 5.91. The number of fused-ring (bicyclic) bond motifs is 3. The summed E-state index contributed by atoms with van der Waals surface area (Å²) < 4.78 is 0. The zero-order chi connectivity index (χ0) is 17.0. The summed E-state index contributed by atoms with van der Waals surface area (Å²) in [6.07, 6.45) is 3.57. The van der Waals surface area contributed by atoms with E-state index in [2.05, 4.69) is 27.3 Å². The van der Waals surface area contributed by atoms with Gasteiger partial charge in [-0.25, -0.2) is 0 Å². The molecule has 5 rings (SSSR count). The van der Waals surface area contributed by atoms with Crippen LogP contribution in [0.3, 0.4) is 0 Å². The average Bonchev–Trinajstić information content (AvgIpc) is 3.19. The molecule has 3 heterocycles. The molecule has 0 unspecified atom stereocenters. The van der Waals surface area contributed by atoms with Gasteiger partial charge < -0.3 is 15.2 Å². The van der Waals surface area contributed by atoms with Crippen LogP contribution in [-0.2, 0) is 10.2 Å². The quantitative estimate of drug-likeness (QED) is 0.686. The molecule has 5 heteroatoms. The summed E-state index contributed by atoms with van der Waals surface area (Å²) in [5, 5.41) is 4.97. The maximum atomic E-state index is 12.7. The Bertz CT molecular complexity index is 986. The van der Waals surface area contributed by atoms with E-state index in [9.17, 15) is 4.79 Å². The van der Waals surface area contributed by atoms with Gasteiger partial charge in [0.15, 0.2) is 0 Å². The van der Waals surface area contributed by atoms with E-state index in [1.165, 1.54) is 5.39 Å². The molecule has 1 spiro atoms. The molecule has 0 saturated carbocycles. The van der Waals surface area contributed by atoms with E-state index < -0.39 is 0 Å². The fraction of sp³-hybridized carbons (Fsp3) is 0.250. The molecule has 25 heavy (non-hydrogen) atoms. The summed E-state index contributed by atoms with van der Waals surface area (Å²) in [5.74, 6) is 0.145. The third kappa shape index (κ3) is 2.10. The molecule has 2 aromatic carbocycles. The number of nitrogens with one attached hydrogen (secondary N) is 2. The number of carbonyl (C=O) groups is 1. The number of piperidine rings is 1. The molecule has 1 fully saturated rings. The smallest absolute Gasteiger partial charge is 0.235 e. The number of hydrogen-bond donors (Lipinski definition) is 2. The number of aromatic nitrogens is 1. The number of rotatable bonds is 1. The minimum atomic E-state index is -0.386. The maximum Gasteiger partial charge on any atom is 0.235 e. The van der Waals surface area contributed by atoms with Crippen LogP contribution < -0.4 is 10.2 Å². The number of anilines is 2. The zero-order valence-electron chi connectivity index (χ0n) is 13.7. The topological polar surface area (TPSA) is 48.1 Å². The number of aromatic amines is 1. The van der Waals surface area contributed by atoms with Crippen LogP contribution in [0.5, 0.6) is 0 Å². The van der Waals surface area contributed by atoms with Gasteiger partial charge in [-0.15, -0.1) is 0 Å². The van der Waals surface area contributed by atoms with Gasteiger partial charge in [-0.3, -0.25) is 4.79 Å². The van der Waals surface area contributed by atoms with Gasteiger partial charge in [-0.2, -0.15) is 0 Å². The Labute approximate surface area is 150 Å². The number of benzene rings is 2. The lowest BCUT2D eigenvalue weighted by Gasteiger charge is -2.39. The summed E-state index contributed by atoms with van der Waals surface area (Å²) in [5.41, 5.74) is 3.93. The standard InChI is InChI=1S/C20H18ClN3O/c21-13-11-17-14(5-8-22-17)18(12-13)24-9-6-20(7-10-24)15-3-1-2-4-16(15)23-19(20)25/h1-5,8,11-12,22H,6-7,9-10H2,(H,23,25). The number of nitrogens with zero attached hydrogens (tertiary/aromatic N) is 1. The lowest BCUT2D eigenvalue weighted by Crippen LogP contribution is -2.46. The van der Waals surface area contributed by atoms with Crippen molar-refractivity contribution < 1.29 is 4.79 Å². The van der Waals surface area contributed by atoms with Crippen LogP contribution in [0.15, 0.2) is 48.7 Å². The van der Waals surface area contributed by atoms with Crippen LogP contribution in [0, 0.1) is 0 Å². The molecule has 1 saturated heterocycles. The minimum absolute atomic E-state index is 0.145. The first-order valence-electron chi connectivity index (χ1n) is 8.60. The lowest BCUT2D eigenvalue weighted by atomic mass is 9.73. The van der Waals surface area contributed by atoms with Crippen LogP contribution in [0.1, 0.15) is 18.4 Å². The number of carbonyl (C=O) groups excluding carboxylic acids is 1. The summed E-state index contributed by atoms with van der Waals surface area (Å²) >= 11 is 6.30. The Balaban J connectivity index is 1.49. The first kappa shape index (κ1) is 14.8. The summed E-state index contributed by atoms with van der Waals surface area (Å²) in [6, 6.07) is 14.1. The molecule has 2 aliphatic heterocycles. The average molecular weight is 352 g/mol. The van der Waals surface area contributed by atoms with E-state index in [0.717, 1.165) is 53.4 Å². The van der Waals surface area contributed by atoms with Crippen LogP contribution >= 0.6 is 11.6 Å². The van der Waals surface area contributed by atoms with Gasteiger partial charge in [0.1, 0.15) is 0 Å². The fourth-order valence-electron chi connectivity index (χ4n) is 4.37. The van der Waals surface area contributed by atoms with Gasteiger partial charge in [0.25, 0.3) is 0 Å². The number of para-hydroxylation sites is 1. The van der Waals surface area contributed by atoms with Crippen LogP contribution in [0.4, 0.5) is 11.4 Å². The van der Waals surface area contributed by atoms with Crippen molar-refractivity contribution in [1.82, 2.24) is 4.98 Å². The summed E-state index contributed by atoms with van der Waals surface area (Å²) in [6.45, 7) is 1.67. The van der Waals surface area contributed by atoms with Gasteiger partial charge in [-0.05, 0) is 42.7 Å². The Morgan fingerprint density at radius 1 is 1.08 bits per heavy atom. The van der Waals surface area contributed by atoms with E-state index in [-0.39, 0.29) is 11.3 Å². The highest BCUT2D eigenvalue weighted by Gasteiger charge is 2.48. The molecular formula is C20H18ClN3O. The highest BCUT2D eigenvalue weighted by Crippen LogP contribution is 2.46. The second-order valence-corrected chi connectivity index (χ2v) is 7.37. The van der Waals surface area contributed by atoms with Crippen LogP contribution in [0.2, 0.25) is 5.02 Å². The maximum absolute atomic E-state index is 12.7. The van der Waals surface area contributed by atoms with Crippen molar-refractivity contribution in [3.63, 3.8) is 0 Å². The lowest BCUT2D eigenvalue weighted by molar-refractivity contribution is -0.121. The molecule has 0 atom stereocenters. The predicted octanol–water partition coefficient (Wildman–Crippen LogP) is 4.31. The highest BCUT2D eigenvalue weighted by atomic mass is 35.5. The van der Waals surface area contributed by atoms with Gasteiger partial charge in [0.2, 0.25) is 5.91 Å². The molecule has 0 aliphatic carbocycles. The van der Waals surface area contributed by atoms with E-state index in [1.54, 1.807) is 0 Å². The van der Waals surface area contributed by atoms with Gasteiger partial charge in [0, 0.05) is 46.6 Å². The fourth-order valence-corrected chi connectivity index (χ4v) is 4.59. The van der Waals surface area contributed by atoms with Gasteiger partial charge in [-0.1, -0.05) is 29.8 Å². The number of H-pyrrole nitrogens is 1. The third-order valence-electron chi connectivity index (χ3n) is 5.69. The van der Waals surface area contributed by atoms with Crippen molar-refractivity contribution in [3.8, 4) is 0 Å². The van der Waals surface area contributed by atoms with Crippen molar-refractivity contribution in [2.45, 2.75) is 18.3 Å². The van der Waals surface area contributed by atoms with E-state index in [1.807, 2.05) is 36.5 Å². The number of hydrogen-bond acceptors (Lipinski definition) is 2. The van der Waals surface area contributed by atoms with Crippen molar-refractivity contribution in [2.75, 3.05) is 23.3 Å². The molecule has 4 nitrogen and oxygen atoms in total. The molecule has 1 aromatic heterocycles. The molecule has 3 aromatic rings. The Morgan fingerprint density at radius 2 is 1.88 bits per heavy atom. The molecule has 0 radical (unpaired) electrons.